The number of rotatable bonds is 3. The van der Waals surface area contributed by atoms with Crippen LogP contribution < -0.4 is 10.5 Å². The van der Waals surface area contributed by atoms with Crippen molar-refractivity contribution in [3.8, 4) is 11.5 Å². The highest BCUT2D eigenvalue weighted by atomic mass is 35.5. The van der Waals surface area contributed by atoms with E-state index in [0.29, 0.717) is 22.1 Å². The third kappa shape index (κ3) is 3.03. The lowest BCUT2D eigenvalue weighted by atomic mass is 10.1. The Bertz CT molecular complexity index is 669. The molecule has 3 N–H and O–H groups in total. The van der Waals surface area contributed by atoms with Crippen molar-refractivity contribution in [2.75, 3.05) is 0 Å². The van der Waals surface area contributed by atoms with Gasteiger partial charge >= 0.3 is 0 Å². The van der Waals surface area contributed by atoms with Gasteiger partial charge in [0.1, 0.15) is 11.5 Å². The first-order valence-electron chi connectivity index (χ1n) is 6.04. The number of ether oxygens (including phenoxy) is 1. The zero-order chi connectivity index (χ0) is 14.7. The molecular formula is C15H15ClN2O2. The number of halogens is 1. The summed E-state index contributed by atoms with van der Waals surface area (Å²) >= 11 is 6.13. The van der Waals surface area contributed by atoms with Crippen LogP contribution in [-0.4, -0.2) is 11.0 Å². The Balaban J connectivity index is 2.29. The van der Waals surface area contributed by atoms with Crippen molar-refractivity contribution in [2.24, 2.45) is 10.9 Å². The standard InChI is InChI=1S/C15H15ClN2O2/c1-9-3-6-14(13(16)7-9)20-11-4-5-12(10(2)8-11)15(17)18-19/h3-8,19H,1-2H3,(H2,17,18). The molecule has 0 heterocycles. The number of benzene rings is 2. The van der Waals surface area contributed by atoms with Crippen molar-refractivity contribution in [1.29, 1.82) is 0 Å². The van der Waals surface area contributed by atoms with E-state index >= 15 is 0 Å². The van der Waals surface area contributed by atoms with Crippen LogP contribution in [0.25, 0.3) is 0 Å². The Labute approximate surface area is 122 Å². The molecular weight excluding hydrogens is 276 g/mol. The van der Waals surface area contributed by atoms with E-state index < -0.39 is 0 Å². The number of hydrogen-bond donors (Lipinski definition) is 2. The van der Waals surface area contributed by atoms with Gasteiger partial charge in [-0.1, -0.05) is 22.8 Å². The van der Waals surface area contributed by atoms with Crippen LogP contribution in [0.3, 0.4) is 0 Å². The lowest BCUT2D eigenvalue weighted by Gasteiger charge is -2.10. The van der Waals surface area contributed by atoms with E-state index in [1.54, 1.807) is 12.1 Å². The Morgan fingerprint density at radius 2 is 1.95 bits per heavy atom. The molecule has 2 rings (SSSR count). The second-order valence-electron chi connectivity index (χ2n) is 4.50. The monoisotopic (exact) mass is 290 g/mol. The third-order valence-electron chi connectivity index (χ3n) is 2.90. The van der Waals surface area contributed by atoms with Gasteiger partial charge in [-0.15, -0.1) is 0 Å². The molecule has 5 heteroatoms. The Hall–Kier alpha value is -2.20. The van der Waals surface area contributed by atoms with Crippen LogP contribution in [0.15, 0.2) is 41.6 Å². The Morgan fingerprint density at radius 3 is 2.55 bits per heavy atom. The van der Waals surface area contributed by atoms with E-state index in [1.807, 2.05) is 38.1 Å². The van der Waals surface area contributed by atoms with E-state index in [9.17, 15) is 0 Å². The topological polar surface area (TPSA) is 67.8 Å². The highest BCUT2D eigenvalue weighted by Crippen LogP contribution is 2.30. The summed E-state index contributed by atoms with van der Waals surface area (Å²) < 4.78 is 5.74. The van der Waals surface area contributed by atoms with E-state index in [4.69, 9.17) is 27.3 Å². The van der Waals surface area contributed by atoms with Crippen LogP contribution in [0, 0.1) is 13.8 Å². The predicted octanol–water partition coefficient (Wildman–Crippen LogP) is 3.84. The summed E-state index contributed by atoms with van der Waals surface area (Å²) in [5.74, 6) is 1.30. The lowest BCUT2D eigenvalue weighted by Crippen LogP contribution is -2.14. The molecule has 0 spiro atoms. The molecule has 0 atom stereocenters. The molecule has 0 aliphatic carbocycles. The molecule has 0 aliphatic heterocycles. The van der Waals surface area contributed by atoms with Crippen LogP contribution in [0.2, 0.25) is 5.02 Å². The summed E-state index contributed by atoms with van der Waals surface area (Å²) in [6, 6.07) is 10.9. The number of aryl methyl sites for hydroxylation is 2. The lowest BCUT2D eigenvalue weighted by molar-refractivity contribution is 0.318. The van der Waals surface area contributed by atoms with E-state index in [2.05, 4.69) is 5.16 Å². The van der Waals surface area contributed by atoms with Crippen LogP contribution in [-0.2, 0) is 0 Å². The van der Waals surface area contributed by atoms with Crippen LogP contribution in [0.1, 0.15) is 16.7 Å². The third-order valence-corrected chi connectivity index (χ3v) is 3.19. The quantitative estimate of drug-likeness (QED) is 0.390. The zero-order valence-corrected chi connectivity index (χ0v) is 12.0. The summed E-state index contributed by atoms with van der Waals surface area (Å²) in [6.07, 6.45) is 0. The second kappa shape index (κ2) is 5.84. The van der Waals surface area contributed by atoms with Crippen LogP contribution in [0.4, 0.5) is 0 Å². The van der Waals surface area contributed by atoms with Crippen molar-refractivity contribution >= 4 is 17.4 Å². The first kappa shape index (κ1) is 14.2. The maximum absolute atomic E-state index is 8.69. The van der Waals surface area contributed by atoms with Crippen molar-refractivity contribution < 1.29 is 9.94 Å². The van der Waals surface area contributed by atoms with Crippen molar-refractivity contribution in [3.63, 3.8) is 0 Å². The SMILES string of the molecule is Cc1ccc(Oc2ccc(/C(N)=N/O)c(C)c2)c(Cl)c1. The molecule has 0 saturated heterocycles. The number of hydrogen-bond acceptors (Lipinski definition) is 3. The summed E-state index contributed by atoms with van der Waals surface area (Å²) in [5, 5.41) is 12.2. The van der Waals surface area contributed by atoms with Crippen molar-refractivity contribution in [2.45, 2.75) is 13.8 Å². The molecule has 0 saturated carbocycles. The number of nitrogens with two attached hydrogens (primary N) is 1. The van der Waals surface area contributed by atoms with Crippen LogP contribution >= 0.6 is 11.6 Å². The van der Waals surface area contributed by atoms with Gasteiger partial charge in [0.05, 0.1) is 5.02 Å². The highest BCUT2D eigenvalue weighted by molar-refractivity contribution is 6.32. The second-order valence-corrected chi connectivity index (χ2v) is 4.91. The van der Waals surface area contributed by atoms with Gasteiger partial charge in [-0.2, -0.15) is 0 Å². The Kier molecular flexibility index (Phi) is 4.15. The molecule has 2 aromatic rings. The molecule has 0 amide bonds. The maximum Gasteiger partial charge on any atom is 0.170 e. The molecule has 0 fully saturated rings. The van der Waals surface area contributed by atoms with Gasteiger partial charge in [-0.05, 0) is 55.3 Å². The van der Waals surface area contributed by atoms with Crippen molar-refractivity contribution in [1.82, 2.24) is 0 Å². The Morgan fingerprint density at radius 1 is 1.20 bits per heavy atom. The molecule has 0 bridgehead atoms. The van der Waals surface area contributed by atoms with Crippen molar-refractivity contribution in [3.05, 3.63) is 58.1 Å². The molecule has 104 valence electrons. The number of nitrogens with zero attached hydrogens (tertiary/aromatic N) is 1. The fourth-order valence-electron chi connectivity index (χ4n) is 1.86. The minimum atomic E-state index is 0.0717. The van der Waals surface area contributed by atoms with Crippen LogP contribution in [0.5, 0.6) is 11.5 Å². The van der Waals surface area contributed by atoms with Gasteiger partial charge in [0.25, 0.3) is 0 Å². The normalized spacial score (nSPS) is 11.4. The van der Waals surface area contributed by atoms with Gasteiger partial charge < -0.3 is 15.7 Å². The number of oxime groups is 1. The summed E-state index contributed by atoms with van der Waals surface area (Å²) in [4.78, 5) is 0. The molecule has 4 nitrogen and oxygen atoms in total. The molecule has 0 aromatic heterocycles. The first-order valence-corrected chi connectivity index (χ1v) is 6.41. The van der Waals surface area contributed by atoms with Gasteiger partial charge in [0.15, 0.2) is 5.84 Å². The van der Waals surface area contributed by atoms with E-state index in [1.165, 1.54) is 0 Å². The summed E-state index contributed by atoms with van der Waals surface area (Å²) in [5.41, 5.74) is 8.16. The zero-order valence-electron chi connectivity index (χ0n) is 11.2. The fraction of sp³-hybridized carbons (Fsp3) is 0.133. The van der Waals surface area contributed by atoms with Gasteiger partial charge in [-0.3, -0.25) is 0 Å². The predicted molar refractivity (Wildman–Crippen MR) is 80.0 cm³/mol. The largest absolute Gasteiger partial charge is 0.456 e. The molecule has 0 radical (unpaired) electrons. The minimum absolute atomic E-state index is 0.0717. The minimum Gasteiger partial charge on any atom is -0.456 e. The highest BCUT2D eigenvalue weighted by Gasteiger charge is 2.07. The first-order chi connectivity index (χ1) is 9.51. The fourth-order valence-corrected chi connectivity index (χ4v) is 2.13. The average molecular weight is 291 g/mol. The smallest absolute Gasteiger partial charge is 0.170 e. The van der Waals surface area contributed by atoms with E-state index in [0.717, 1.165) is 11.1 Å². The van der Waals surface area contributed by atoms with E-state index in [-0.39, 0.29) is 5.84 Å². The molecule has 2 aromatic carbocycles. The van der Waals surface area contributed by atoms with Gasteiger partial charge in [-0.25, -0.2) is 0 Å². The maximum atomic E-state index is 8.69. The average Bonchev–Trinajstić information content (AvgIpc) is 2.41. The molecule has 0 unspecified atom stereocenters. The molecule has 20 heavy (non-hydrogen) atoms. The molecule has 0 aliphatic rings. The summed E-state index contributed by atoms with van der Waals surface area (Å²) in [6.45, 7) is 3.82. The van der Waals surface area contributed by atoms with Gasteiger partial charge in [0.2, 0.25) is 0 Å². The van der Waals surface area contributed by atoms with Gasteiger partial charge in [0, 0.05) is 5.56 Å². The summed E-state index contributed by atoms with van der Waals surface area (Å²) in [7, 11) is 0. The number of amidine groups is 1.